The number of nitrogens with two attached hydrogens (primary N) is 1. The van der Waals surface area contributed by atoms with E-state index in [1.807, 2.05) is 0 Å². The van der Waals surface area contributed by atoms with Crippen LogP contribution in [0.25, 0.3) is 0 Å². The molecule has 0 spiro atoms. The number of fused-ring (bicyclic) bond motifs is 1. The molecule has 1 aliphatic rings. The lowest BCUT2D eigenvalue weighted by atomic mass is 10.1. The summed E-state index contributed by atoms with van der Waals surface area (Å²) in [6, 6.07) is 6.60. The highest BCUT2D eigenvalue weighted by molar-refractivity contribution is 6.20. The number of benzene rings is 1. The molecule has 3 N–H and O–H groups in total. The number of rotatable bonds is 4. The molecule has 0 saturated heterocycles. The molecular formula is C10H11N3O3. The fraction of sp³-hybridized carbons (Fsp3) is 0.200. The molecular weight excluding hydrogens is 210 g/mol. The number of carbonyl (C=O) groups excluding carboxylic acids is 2. The van der Waals surface area contributed by atoms with Gasteiger partial charge in [0, 0.05) is 6.54 Å². The highest BCUT2D eigenvalue weighted by Crippen LogP contribution is 2.20. The van der Waals surface area contributed by atoms with Crippen molar-refractivity contribution in [3.63, 3.8) is 0 Å². The van der Waals surface area contributed by atoms with Crippen LogP contribution >= 0.6 is 0 Å². The van der Waals surface area contributed by atoms with E-state index in [2.05, 4.69) is 5.59 Å². The monoisotopic (exact) mass is 221 g/mol. The number of hydrogen-bond acceptors (Lipinski definition) is 5. The molecule has 0 bridgehead atoms. The third-order valence-electron chi connectivity index (χ3n) is 2.17. The smallest absolute Gasteiger partial charge is 0.277 e. The Morgan fingerprint density at radius 3 is 2.25 bits per heavy atom. The number of carbonyl (C=O) groups is 2. The molecule has 0 unspecified atom stereocenters. The first kappa shape index (κ1) is 10.7. The van der Waals surface area contributed by atoms with Crippen molar-refractivity contribution in [3.8, 4) is 0 Å². The summed E-state index contributed by atoms with van der Waals surface area (Å²) in [7, 11) is 0. The highest BCUT2D eigenvalue weighted by atomic mass is 16.7. The molecule has 0 aromatic heterocycles. The van der Waals surface area contributed by atoms with Gasteiger partial charge in [-0.05, 0) is 12.1 Å². The summed E-state index contributed by atoms with van der Waals surface area (Å²) in [5.74, 6) is -0.838. The fourth-order valence-corrected chi connectivity index (χ4v) is 1.44. The maximum absolute atomic E-state index is 11.7. The van der Waals surface area contributed by atoms with Crippen LogP contribution in [0.1, 0.15) is 20.7 Å². The van der Waals surface area contributed by atoms with Crippen LogP contribution in [0.5, 0.6) is 0 Å². The second-order valence-electron chi connectivity index (χ2n) is 3.22. The third-order valence-corrected chi connectivity index (χ3v) is 2.17. The minimum Gasteiger partial charge on any atom is -0.328 e. The molecule has 1 aromatic rings. The maximum atomic E-state index is 11.7. The Bertz CT molecular complexity index is 398. The number of hydrazine groups is 1. The van der Waals surface area contributed by atoms with Crippen LogP contribution < -0.4 is 11.3 Å². The normalized spacial score (nSPS) is 14.4. The lowest BCUT2D eigenvalue weighted by Gasteiger charge is -2.13. The molecule has 6 heteroatoms. The number of nitrogens with zero attached hydrogens (tertiary/aromatic N) is 1. The fourth-order valence-electron chi connectivity index (χ4n) is 1.44. The van der Waals surface area contributed by atoms with Gasteiger partial charge in [0.15, 0.2) is 0 Å². The van der Waals surface area contributed by atoms with Crippen LogP contribution in [0.2, 0.25) is 0 Å². The van der Waals surface area contributed by atoms with Gasteiger partial charge in [0.05, 0.1) is 17.7 Å². The van der Waals surface area contributed by atoms with Gasteiger partial charge in [-0.3, -0.25) is 14.4 Å². The van der Waals surface area contributed by atoms with Gasteiger partial charge < -0.3 is 5.73 Å². The van der Waals surface area contributed by atoms with Crippen LogP contribution in [0.3, 0.4) is 0 Å². The molecule has 2 rings (SSSR count). The summed E-state index contributed by atoms with van der Waals surface area (Å²) in [6.45, 7) is 0.517. The van der Waals surface area contributed by atoms with Gasteiger partial charge in [-0.2, -0.15) is 5.01 Å². The van der Waals surface area contributed by atoms with E-state index in [0.717, 1.165) is 5.01 Å². The minimum absolute atomic E-state index is 0.216. The average molecular weight is 221 g/mol. The van der Waals surface area contributed by atoms with Crippen molar-refractivity contribution in [2.45, 2.75) is 0 Å². The summed E-state index contributed by atoms with van der Waals surface area (Å²) >= 11 is 0. The second kappa shape index (κ2) is 4.40. The van der Waals surface area contributed by atoms with Crippen molar-refractivity contribution in [1.82, 2.24) is 10.6 Å². The zero-order valence-corrected chi connectivity index (χ0v) is 8.47. The van der Waals surface area contributed by atoms with Gasteiger partial charge in [-0.1, -0.05) is 12.1 Å². The van der Waals surface area contributed by atoms with Crippen molar-refractivity contribution in [3.05, 3.63) is 35.4 Å². The van der Waals surface area contributed by atoms with Crippen molar-refractivity contribution in [2.24, 2.45) is 5.73 Å². The van der Waals surface area contributed by atoms with Crippen LogP contribution in [-0.2, 0) is 4.84 Å². The van der Waals surface area contributed by atoms with Crippen LogP contribution in [0.4, 0.5) is 0 Å². The first-order chi connectivity index (χ1) is 7.75. The topological polar surface area (TPSA) is 84.7 Å². The number of amides is 2. The standard InChI is InChI=1S/C10H11N3O3/c11-5-6-16-12-13-9(14)7-3-1-2-4-8(7)10(13)15/h1-4,12H,5-6,11H2. The Morgan fingerprint density at radius 2 is 1.75 bits per heavy atom. The number of imide groups is 1. The summed E-state index contributed by atoms with van der Waals surface area (Å²) in [4.78, 5) is 28.3. The van der Waals surface area contributed by atoms with E-state index in [0.29, 0.717) is 17.7 Å². The van der Waals surface area contributed by atoms with Crippen LogP contribution in [-0.4, -0.2) is 30.0 Å². The Balaban J connectivity index is 2.15. The van der Waals surface area contributed by atoms with Gasteiger partial charge in [0.2, 0.25) is 0 Å². The zero-order chi connectivity index (χ0) is 11.5. The third kappa shape index (κ3) is 1.69. The molecule has 0 saturated carbocycles. The average Bonchev–Trinajstić information content (AvgIpc) is 2.55. The molecule has 1 aliphatic heterocycles. The summed E-state index contributed by atoms with van der Waals surface area (Å²) in [6.07, 6.45) is 0. The number of hydrogen-bond donors (Lipinski definition) is 2. The summed E-state index contributed by atoms with van der Waals surface area (Å²) < 4.78 is 0. The lowest BCUT2D eigenvalue weighted by Crippen LogP contribution is -2.43. The first-order valence-corrected chi connectivity index (χ1v) is 4.81. The quantitative estimate of drug-likeness (QED) is 0.413. The Labute approximate surface area is 91.9 Å². The molecule has 1 heterocycles. The highest BCUT2D eigenvalue weighted by Gasteiger charge is 2.35. The van der Waals surface area contributed by atoms with E-state index < -0.39 is 11.8 Å². The van der Waals surface area contributed by atoms with Gasteiger partial charge in [0.1, 0.15) is 0 Å². The van der Waals surface area contributed by atoms with Gasteiger partial charge in [-0.15, -0.1) is 5.59 Å². The van der Waals surface area contributed by atoms with Gasteiger partial charge in [0.25, 0.3) is 11.8 Å². The SMILES string of the molecule is NCCONN1C(=O)c2ccccc2C1=O. The van der Waals surface area contributed by atoms with E-state index >= 15 is 0 Å². The Hall–Kier alpha value is -1.76. The molecule has 84 valence electrons. The van der Waals surface area contributed by atoms with Crippen molar-refractivity contribution in [2.75, 3.05) is 13.2 Å². The molecule has 6 nitrogen and oxygen atoms in total. The minimum atomic E-state index is -0.419. The van der Waals surface area contributed by atoms with Crippen molar-refractivity contribution < 1.29 is 14.4 Å². The predicted octanol–water partition coefficient (Wildman–Crippen LogP) is -0.322. The zero-order valence-electron chi connectivity index (χ0n) is 8.47. The van der Waals surface area contributed by atoms with Crippen LogP contribution in [0.15, 0.2) is 24.3 Å². The summed E-state index contributed by atoms with van der Waals surface area (Å²) in [5, 5.41) is 0.834. The number of nitrogens with one attached hydrogen (secondary N) is 1. The van der Waals surface area contributed by atoms with E-state index in [-0.39, 0.29) is 6.61 Å². The van der Waals surface area contributed by atoms with Crippen LogP contribution in [0, 0.1) is 0 Å². The largest absolute Gasteiger partial charge is 0.328 e. The van der Waals surface area contributed by atoms with Gasteiger partial charge in [-0.25, -0.2) is 0 Å². The second-order valence-corrected chi connectivity index (χ2v) is 3.22. The van der Waals surface area contributed by atoms with E-state index in [9.17, 15) is 9.59 Å². The molecule has 1 aromatic carbocycles. The molecule has 0 radical (unpaired) electrons. The van der Waals surface area contributed by atoms with Crippen molar-refractivity contribution in [1.29, 1.82) is 0 Å². The molecule has 0 atom stereocenters. The predicted molar refractivity (Wildman–Crippen MR) is 55.1 cm³/mol. The maximum Gasteiger partial charge on any atom is 0.277 e. The van der Waals surface area contributed by atoms with Crippen molar-refractivity contribution >= 4 is 11.8 Å². The van der Waals surface area contributed by atoms with E-state index in [1.54, 1.807) is 24.3 Å². The Morgan fingerprint density at radius 1 is 1.19 bits per heavy atom. The molecule has 2 amide bonds. The van der Waals surface area contributed by atoms with E-state index in [4.69, 9.17) is 10.6 Å². The van der Waals surface area contributed by atoms with E-state index in [1.165, 1.54) is 0 Å². The summed E-state index contributed by atoms with van der Waals surface area (Å²) in [5.41, 5.74) is 8.24. The molecule has 0 fully saturated rings. The Kier molecular flexibility index (Phi) is 2.95. The first-order valence-electron chi connectivity index (χ1n) is 4.81. The molecule has 16 heavy (non-hydrogen) atoms. The molecule has 0 aliphatic carbocycles. The van der Waals surface area contributed by atoms with Gasteiger partial charge >= 0.3 is 0 Å². The lowest BCUT2D eigenvalue weighted by molar-refractivity contribution is -0.0483.